The van der Waals surface area contributed by atoms with E-state index in [9.17, 15) is 0 Å². The minimum atomic E-state index is 0.688. The molecule has 21 heavy (non-hydrogen) atoms. The van der Waals surface area contributed by atoms with Crippen LogP contribution in [0.25, 0.3) is 0 Å². The third kappa shape index (κ3) is 1.86. The molecule has 8 unspecified atom stereocenters. The quantitative estimate of drug-likeness (QED) is 0.490. The molecule has 4 saturated carbocycles. The first-order valence-corrected chi connectivity index (χ1v) is 9.97. The van der Waals surface area contributed by atoms with E-state index in [0.29, 0.717) is 10.8 Å². The second-order valence-electron chi connectivity index (χ2n) is 9.97. The minimum Gasteiger partial charge on any atom is -0.0622 e. The van der Waals surface area contributed by atoms with Gasteiger partial charge < -0.3 is 0 Å². The molecule has 0 aromatic carbocycles. The Kier molecular flexibility index (Phi) is 3.30. The van der Waals surface area contributed by atoms with Crippen molar-refractivity contribution in [2.24, 2.45) is 46.3 Å². The van der Waals surface area contributed by atoms with E-state index < -0.39 is 0 Å². The second kappa shape index (κ2) is 4.75. The molecule has 0 heteroatoms. The van der Waals surface area contributed by atoms with Gasteiger partial charge in [0.25, 0.3) is 0 Å². The lowest BCUT2D eigenvalue weighted by Crippen LogP contribution is -2.55. The lowest BCUT2D eigenvalue weighted by Gasteiger charge is -2.62. The molecule has 0 saturated heterocycles. The Labute approximate surface area is 132 Å². The molecule has 0 aliphatic heterocycles. The van der Waals surface area contributed by atoms with Crippen LogP contribution in [0.3, 0.4) is 0 Å². The van der Waals surface area contributed by atoms with Gasteiger partial charge in [-0.15, -0.1) is 0 Å². The van der Waals surface area contributed by atoms with Crippen LogP contribution < -0.4 is 0 Å². The van der Waals surface area contributed by atoms with Gasteiger partial charge in [-0.3, -0.25) is 0 Å². The van der Waals surface area contributed by atoms with E-state index in [-0.39, 0.29) is 0 Å². The Morgan fingerprint density at radius 3 is 2.33 bits per heavy atom. The van der Waals surface area contributed by atoms with Crippen LogP contribution in [0.2, 0.25) is 0 Å². The summed E-state index contributed by atoms with van der Waals surface area (Å²) >= 11 is 0. The van der Waals surface area contributed by atoms with Gasteiger partial charge in [-0.1, -0.05) is 40.5 Å². The summed E-state index contributed by atoms with van der Waals surface area (Å²) in [5.74, 6) is 6.23. The third-order valence-electron chi connectivity index (χ3n) is 9.42. The van der Waals surface area contributed by atoms with Gasteiger partial charge in [0.1, 0.15) is 0 Å². The summed E-state index contributed by atoms with van der Waals surface area (Å²) in [6, 6.07) is 0. The third-order valence-corrected chi connectivity index (χ3v) is 9.42. The zero-order valence-electron chi connectivity index (χ0n) is 14.8. The maximum Gasteiger partial charge on any atom is -0.0266 e. The summed E-state index contributed by atoms with van der Waals surface area (Å²) in [4.78, 5) is 0. The molecule has 0 amide bonds. The monoisotopic (exact) mass is 288 g/mol. The van der Waals surface area contributed by atoms with E-state index in [1.54, 1.807) is 32.1 Å². The van der Waals surface area contributed by atoms with E-state index in [1.165, 1.54) is 25.7 Å². The SMILES string of the molecule is CC1CC2CCCCC2(C)C2CCC3(C)C(C)CCC3C12. The molecule has 4 aliphatic rings. The largest absolute Gasteiger partial charge is 0.0622 e. The van der Waals surface area contributed by atoms with Crippen molar-refractivity contribution in [2.75, 3.05) is 0 Å². The lowest BCUT2D eigenvalue weighted by atomic mass is 9.43. The summed E-state index contributed by atoms with van der Waals surface area (Å²) in [5.41, 5.74) is 1.40. The molecule has 0 heterocycles. The second-order valence-corrected chi connectivity index (χ2v) is 9.97. The summed E-state index contributed by atoms with van der Waals surface area (Å²) in [6.07, 6.45) is 13.8. The Bertz CT molecular complexity index is 412. The molecule has 0 spiro atoms. The molecule has 8 atom stereocenters. The van der Waals surface area contributed by atoms with E-state index in [1.807, 2.05) is 0 Å². The molecular formula is C21H36. The fourth-order valence-corrected chi connectivity index (χ4v) is 7.93. The smallest absolute Gasteiger partial charge is 0.0266 e. The topological polar surface area (TPSA) is 0 Å². The zero-order valence-corrected chi connectivity index (χ0v) is 14.8. The van der Waals surface area contributed by atoms with Crippen molar-refractivity contribution < 1.29 is 0 Å². The molecule has 4 rings (SSSR count). The van der Waals surface area contributed by atoms with Gasteiger partial charge >= 0.3 is 0 Å². The summed E-state index contributed by atoms with van der Waals surface area (Å²) in [5, 5.41) is 0. The van der Waals surface area contributed by atoms with Crippen molar-refractivity contribution in [3.63, 3.8) is 0 Å². The molecule has 4 aliphatic carbocycles. The van der Waals surface area contributed by atoms with Crippen molar-refractivity contribution in [2.45, 2.75) is 85.5 Å². The molecule has 0 aromatic rings. The van der Waals surface area contributed by atoms with Gasteiger partial charge in [-0.25, -0.2) is 0 Å². The van der Waals surface area contributed by atoms with Crippen molar-refractivity contribution in [3.05, 3.63) is 0 Å². The molecule has 0 radical (unpaired) electrons. The summed E-state index contributed by atoms with van der Waals surface area (Å²) in [7, 11) is 0. The number of rotatable bonds is 0. The number of fused-ring (bicyclic) bond motifs is 5. The van der Waals surface area contributed by atoms with Crippen LogP contribution in [-0.4, -0.2) is 0 Å². The molecule has 0 bridgehead atoms. The fraction of sp³-hybridized carbons (Fsp3) is 1.00. The van der Waals surface area contributed by atoms with Crippen molar-refractivity contribution >= 4 is 0 Å². The Hall–Kier alpha value is 0. The highest BCUT2D eigenvalue weighted by molar-refractivity contribution is 5.09. The van der Waals surface area contributed by atoms with Crippen LogP contribution in [0.4, 0.5) is 0 Å². The van der Waals surface area contributed by atoms with Gasteiger partial charge in [0.15, 0.2) is 0 Å². The highest BCUT2D eigenvalue weighted by Gasteiger charge is 2.60. The van der Waals surface area contributed by atoms with Gasteiger partial charge in [0.2, 0.25) is 0 Å². The Morgan fingerprint density at radius 2 is 1.52 bits per heavy atom. The van der Waals surface area contributed by atoms with Crippen molar-refractivity contribution in [3.8, 4) is 0 Å². The van der Waals surface area contributed by atoms with Gasteiger partial charge in [0.05, 0.1) is 0 Å². The fourth-order valence-electron chi connectivity index (χ4n) is 7.93. The predicted octanol–water partition coefficient (Wildman–Crippen LogP) is 6.30. The van der Waals surface area contributed by atoms with Crippen LogP contribution in [0.1, 0.15) is 85.5 Å². The highest BCUT2D eigenvalue weighted by atomic mass is 14.6. The number of hydrogen-bond donors (Lipinski definition) is 0. The highest BCUT2D eigenvalue weighted by Crippen LogP contribution is 2.68. The van der Waals surface area contributed by atoms with Crippen LogP contribution in [0.5, 0.6) is 0 Å². The van der Waals surface area contributed by atoms with Crippen LogP contribution in [0, 0.1) is 46.3 Å². The Balaban J connectivity index is 1.69. The summed E-state index contributed by atoms with van der Waals surface area (Å²) in [6.45, 7) is 10.6. The maximum atomic E-state index is 2.71. The molecule has 0 aromatic heterocycles. The van der Waals surface area contributed by atoms with Gasteiger partial charge in [-0.05, 0) is 91.3 Å². The number of hydrogen-bond acceptors (Lipinski definition) is 0. The standard InChI is InChI=1S/C21H36/c1-14-13-16-7-5-6-11-21(16,4)18-10-12-20(3)15(2)8-9-17(20)19(14)18/h14-19H,5-13H2,1-4H3. The first-order valence-electron chi connectivity index (χ1n) is 9.97. The van der Waals surface area contributed by atoms with E-state index in [2.05, 4.69) is 27.7 Å². The summed E-state index contributed by atoms with van der Waals surface area (Å²) < 4.78 is 0. The Morgan fingerprint density at radius 1 is 0.762 bits per heavy atom. The molecule has 0 N–H and O–H groups in total. The van der Waals surface area contributed by atoms with Crippen LogP contribution in [0.15, 0.2) is 0 Å². The van der Waals surface area contributed by atoms with Crippen LogP contribution in [-0.2, 0) is 0 Å². The molecule has 0 nitrogen and oxygen atoms in total. The zero-order chi connectivity index (χ0) is 14.8. The first kappa shape index (κ1) is 14.6. The maximum absolute atomic E-state index is 2.71. The normalized spacial score (nSPS) is 60.0. The molecule has 4 fully saturated rings. The van der Waals surface area contributed by atoms with Gasteiger partial charge in [0, 0.05) is 0 Å². The van der Waals surface area contributed by atoms with Gasteiger partial charge in [-0.2, -0.15) is 0 Å². The molecule has 120 valence electrons. The van der Waals surface area contributed by atoms with E-state index in [4.69, 9.17) is 0 Å². The average Bonchev–Trinajstić information content (AvgIpc) is 2.76. The predicted molar refractivity (Wildman–Crippen MR) is 90.1 cm³/mol. The van der Waals surface area contributed by atoms with Crippen molar-refractivity contribution in [1.82, 2.24) is 0 Å². The van der Waals surface area contributed by atoms with Crippen LogP contribution >= 0.6 is 0 Å². The minimum absolute atomic E-state index is 0.688. The average molecular weight is 289 g/mol. The molecular weight excluding hydrogens is 252 g/mol. The first-order chi connectivity index (χ1) is 9.97. The lowest BCUT2D eigenvalue weighted by molar-refractivity contribution is -0.133. The van der Waals surface area contributed by atoms with E-state index >= 15 is 0 Å². The van der Waals surface area contributed by atoms with Crippen molar-refractivity contribution in [1.29, 1.82) is 0 Å². The van der Waals surface area contributed by atoms with E-state index in [0.717, 1.165) is 35.5 Å².